The Morgan fingerprint density at radius 1 is 1.73 bits per heavy atom. The Kier molecular flexibility index (Phi) is 4.26. The van der Waals surface area contributed by atoms with E-state index in [1.807, 2.05) is 5.38 Å². The standard InChI is InChI=1S/C10H15NO3S/c1-10(13,7-14-2)6-11-9(12)8-3-4-15-5-8/h3-5,13H,6-7H2,1-2H3,(H,11,12). The maximum atomic E-state index is 11.5. The molecule has 0 aromatic carbocycles. The van der Waals surface area contributed by atoms with Crippen molar-refractivity contribution in [2.75, 3.05) is 20.3 Å². The molecule has 5 heteroatoms. The van der Waals surface area contributed by atoms with Crippen molar-refractivity contribution < 1.29 is 14.6 Å². The number of aliphatic hydroxyl groups is 1. The summed E-state index contributed by atoms with van der Waals surface area (Å²) in [5.74, 6) is -0.173. The Hall–Kier alpha value is -0.910. The van der Waals surface area contributed by atoms with Crippen LogP contribution >= 0.6 is 11.3 Å². The van der Waals surface area contributed by atoms with E-state index in [0.717, 1.165) is 0 Å². The zero-order valence-corrected chi connectivity index (χ0v) is 9.63. The lowest BCUT2D eigenvalue weighted by Gasteiger charge is -2.22. The van der Waals surface area contributed by atoms with Crippen LogP contribution in [0, 0.1) is 0 Å². The molecule has 1 aromatic rings. The molecule has 1 aromatic heterocycles. The van der Waals surface area contributed by atoms with Gasteiger partial charge in [-0.1, -0.05) is 0 Å². The van der Waals surface area contributed by atoms with Crippen molar-refractivity contribution in [1.29, 1.82) is 0 Å². The van der Waals surface area contributed by atoms with Crippen molar-refractivity contribution >= 4 is 17.2 Å². The number of carbonyl (C=O) groups excluding carboxylic acids is 1. The number of hydrogen-bond donors (Lipinski definition) is 2. The van der Waals surface area contributed by atoms with Crippen LogP contribution in [0.25, 0.3) is 0 Å². The summed E-state index contributed by atoms with van der Waals surface area (Å²) in [5, 5.41) is 16.0. The summed E-state index contributed by atoms with van der Waals surface area (Å²) >= 11 is 1.46. The van der Waals surface area contributed by atoms with Gasteiger partial charge in [0.15, 0.2) is 0 Å². The zero-order valence-electron chi connectivity index (χ0n) is 8.82. The number of amides is 1. The van der Waals surface area contributed by atoms with Gasteiger partial charge in [-0.3, -0.25) is 4.79 Å². The van der Waals surface area contributed by atoms with Crippen LogP contribution in [-0.4, -0.2) is 36.9 Å². The summed E-state index contributed by atoms with van der Waals surface area (Å²) in [6.45, 7) is 1.98. The summed E-state index contributed by atoms with van der Waals surface area (Å²) in [6, 6.07) is 1.74. The molecule has 2 N–H and O–H groups in total. The van der Waals surface area contributed by atoms with Gasteiger partial charge >= 0.3 is 0 Å². The molecule has 1 unspecified atom stereocenters. The van der Waals surface area contributed by atoms with Crippen LogP contribution in [0.5, 0.6) is 0 Å². The Labute approximate surface area is 92.9 Å². The summed E-state index contributed by atoms with van der Waals surface area (Å²) in [7, 11) is 1.51. The topological polar surface area (TPSA) is 58.6 Å². The molecular formula is C10H15NO3S. The van der Waals surface area contributed by atoms with Crippen LogP contribution in [0.15, 0.2) is 16.8 Å². The minimum absolute atomic E-state index is 0.173. The molecule has 4 nitrogen and oxygen atoms in total. The van der Waals surface area contributed by atoms with Crippen LogP contribution < -0.4 is 5.32 Å². The number of nitrogens with one attached hydrogen (secondary N) is 1. The highest BCUT2D eigenvalue weighted by Gasteiger charge is 2.21. The molecule has 0 fully saturated rings. The van der Waals surface area contributed by atoms with Crippen LogP contribution in [0.1, 0.15) is 17.3 Å². The van der Waals surface area contributed by atoms with Crippen LogP contribution in [0.3, 0.4) is 0 Å². The fraction of sp³-hybridized carbons (Fsp3) is 0.500. The van der Waals surface area contributed by atoms with Crippen LogP contribution in [0.2, 0.25) is 0 Å². The third kappa shape index (κ3) is 3.99. The molecule has 0 spiro atoms. The highest BCUT2D eigenvalue weighted by Crippen LogP contribution is 2.06. The maximum absolute atomic E-state index is 11.5. The lowest BCUT2D eigenvalue weighted by atomic mass is 10.1. The first-order valence-electron chi connectivity index (χ1n) is 4.57. The first-order chi connectivity index (χ1) is 7.05. The molecule has 0 aliphatic heterocycles. The fourth-order valence-electron chi connectivity index (χ4n) is 1.13. The third-order valence-corrected chi connectivity index (χ3v) is 2.55. The first-order valence-corrected chi connectivity index (χ1v) is 5.51. The molecule has 1 amide bonds. The first kappa shape index (κ1) is 12.2. The second kappa shape index (κ2) is 5.25. The van der Waals surface area contributed by atoms with E-state index in [-0.39, 0.29) is 19.1 Å². The van der Waals surface area contributed by atoms with Gasteiger partial charge in [-0.05, 0) is 18.4 Å². The number of rotatable bonds is 5. The molecule has 0 bridgehead atoms. The Morgan fingerprint density at radius 2 is 2.47 bits per heavy atom. The van der Waals surface area contributed by atoms with Gasteiger partial charge in [0.25, 0.3) is 5.91 Å². The van der Waals surface area contributed by atoms with Crippen molar-refractivity contribution in [1.82, 2.24) is 5.32 Å². The predicted molar refractivity (Wildman–Crippen MR) is 59.2 cm³/mol. The molecule has 84 valence electrons. The van der Waals surface area contributed by atoms with Crippen LogP contribution in [-0.2, 0) is 4.74 Å². The molecule has 0 radical (unpaired) electrons. The van der Waals surface area contributed by atoms with Gasteiger partial charge in [-0.15, -0.1) is 0 Å². The van der Waals surface area contributed by atoms with Gasteiger partial charge in [0, 0.05) is 24.6 Å². The highest BCUT2D eigenvalue weighted by atomic mass is 32.1. The van der Waals surface area contributed by atoms with E-state index in [9.17, 15) is 9.90 Å². The van der Waals surface area contributed by atoms with E-state index in [0.29, 0.717) is 5.56 Å². The number of methoxy groups -OCH3 is 1. The summed E-state index contributed by atoms with van der Waals surface area (Å²) in [5.41, 5.74) is -0.409. The molecule has 1 heterocycles. The summed E-state index contributed by atoms with van der Waals surface area (Å²) in [6.07, 6.45) is 0. The van der Waals surface area contributed by atoms with E-state index in [1.54, 1.807) is 18.4 Å². The molecular weight excluding hydrogens is 214 g/mol. The predicted octanol–water partition coefficient (Wildman–Crippen LogP) is 0.875. The molecule has 0 aliphatic carbocycles. The molecule has 0 saturated heterocycles. The molecule has 1 rings (SSSR count). The maximum Gasteiger partial charge on any atom is 0.252 e. The molecule has 0 saturated carbocycles. The summed E-state index contributed by atoms with van der Waals surface area (Å²) < 4.78 is 4.83. The van der Waals surface area contributed by atoms with Gasteiger partial charge < -0.3 is 15.2 Å². The van der Waals surface area contributed by atoms with Crippen LogP contribution in [0.4, 0.5) is 0 Å². The van der Waals surface area contributed by atoms with E-state index >= 15 is 0 Å². The summed E-state index contributed by atoms with van der Waals surface area (Å²) in [4.78, 5) is 11.5. The number of thiophene rings is 1. The van der Waals surface area contributed by atoms with Crippen molar-refractivity contribution in [3.8, 4) is 0 Å². The van der Waals surface area contributed by atoms with Gasteiger partial charge in [0.05, 0.1) is 6.61 Å². The second-order valence-corrected chi connectivity index (χ2v) is 4.40. The minimum atomic E-state index is -1.03. The lowest BCUT2D eigenvalue weighted by molar-refractivity contribution is -0.0147. The Morgan fingerprint density at radius 3 is 3.00 bits per heavy atom. The van der Waals surface area contributed by atoms with E-state index < -0.39 is 5.60 Å². The average molecular weight is 229 g/mol. The number of carbonyl (C=O) groups is 1. The fourth-order valence-corrected chi connectivity index (χ4v) is 1.76. The molecule has 0 aliphatic rings. The highest BCUT2D eigenvalue weighted by molar-refractivity contribution is 7.08. The normalized spacial score (nSPS) is 14.6. The second-order valence-electron chi connectivity index (χ2n) is 3.62. The SMILES string of the molecule is COCC(C)(O)CNC(=O)c1ccsc1. The van der Waals surface area contributed by atoms with Gasteiger partial charge in [0.2, 0.25) is 0 Å². The third-order valence-electron chi connectivity index (χ3n) is 1.87. The van der Waals surface area contributed by atoms with Crippen molar-refractivity contribution in [2.45, 2.75) is 12.5 Å². The van der Waals surface area contributed by atoms with Crippen molar-refractivity contribution in [2.24, 2.45) is 0 Å². The van der Waals surface area contributed by atoms with E-state index in [4.69, 9.17) is 4.74 Å². The van der Waals surface area contributed by atoms with Gasteiger partial charge in [-0.2, -0.15) is 11.3 Å². The monoisotopic (exact) mass is 229 g/mol. The number of ether oxygens (including phenoxy) is 1. The van der Waals surface area contributed by atoms with Gasteiger partial charge in [-0.25, -0.2) is 0 Å². The Bertz CT molecular complexity index is 308. The quantitative estimate of drug-likeness (QED) is 0.788. The van der Waals surface area contributed by atoms with Crippen molar-refractivity contribution in [3.63, 3.8) is 0 Å². The zero-order chi connectivity index (χ0) is 11.3. The lowest BCUT2D eigenvalue weighted by Crippen LogP contribution is -2.43. The van der Waals surface area contributed by atoms with E-state index in [2.05, 4.69) is 5.32 Å². The number of hydrogen-bond acceptors (Lipinski definition) is 4. The van der Waals surface area contributed by atoms with Gasteiger partial charge in [0.1, 0.15) is 5.60 Å². The molecule has 15 heavy (non-hydrogen) atoms. The van der Waals surface area contributed by atoms with E-state index in [1.165, 1.54) is 18.4 Å². The van der Waals surface area contributed by atoms with Crippen molar-refractivity contribution in [3.05, 3.63) is 22.4 Å². The largest absolute Gasteiger partial charge is 0.386 e. The minimum Gasteiger partial charge on any atom is -0.386 e. The average Bonchev–Trinajstić information content (AvgIpc) is 2.67. The Balaban J connectivity index is 2.40. The smallest absolute Gasteiger partial charge is 0.252 e. The molecule has 1 atom stereocenters.